The van der Waals surface area contributed by atoms with E-state index in [0.29, 0.717) is 28.1 Å². The lowest BCUT2D eigenvalue weighted by Crippen LogP contribution is -2.27. The minimum absolute atomic E-state index is 0.310. The molecule has 0 amide bonds. The number of carbonyl (C=O) groups is 1. The number of esters is 1. The summed E-state index contributed by atoms with van der Waals surface area (Å²) in [6, 6.07) is 13.4. The summed E-state index contributed by atoms with van der Waals surface area (Å²) in [5.74, 6) is -0.310. The summed E-state index contributed by atoms with van der Waals surface area (Å²) in [5, 5.41) is 1.21. The summed E-state index contributed by atoms with van der Waals surface area (Å²) in [6.45, 7) is 4.54. The van der Waals surface area contributed by atoms with Gasteiger partial charge in [-0.1, -0.05) is 53.2 Å². The highest BCUT2D eigenvalue weighted by molar-refractivity contribution is 8.04. The van der Waals surface area contributed by atoms with Crippen LogP contribution in [-0.2, 0) is 16.1 Å². The van der Waals surface area contributed by atoms with Gasteiger partial charge in [0.1, 0.15) is 4.91 Å². The van der Waals surface area contributed by atoms with Gasteiger partial charge in [0.2, 0.25) is 0 Å². The van der Waals surface area contributed by atoms with Crippen LogP contribution in [0, 0.1) is 0 Å². The molecule has 2 aromatic carbocycles. The van der Waals surface area contributed by atoms with Gasteiger partial charge in [0, 0.05) is 26.2 Å². The molecule has 0 aromatic heterocycles. The predicted octanol–water partition coefficient (Wildman–Crippen LogP) is 5.90. The van der Waals surface area contributed by atoms with Crippen molar-refractivity contribution in [1.29, 1.82) is 0 Å². The zero-order valence-electron chi connectivity index (χ0n) is 13.9. The van der Waals surface area contributed by atoms with Crippen molar-refractivity contribution in [2.45, 2.75) is 25.3 Å². The van der Waals surface area contributed by atoms with Gasteiger partial charge < -0.3 is 9.64 Å². The molecule has 0 aliphatic carbocycles. The minimum Gasteiger partial charge on any atom is -0.462 e. The molecule has 3 nitrogen and oxygen atoms in total. The van der Waals surface area contributed by atoms with E-state index in [0.717, 1.165) is 21.8 Å². The Bertz CT molecular complexity index is 831. The van der Waals surface area contributed by atoms with Crippen molar-refractivity contribution in [3.63, 3.8) is 0 Å². The monoisotopic (exact) mass is 393 g/mol. The number of halogens is 2. The third-order valence-electron chi connectivity index (χ3n) is 3.94. The van der Waals surface area contributed by atoms with Crippen LogP contribution in [0.1, 0.15) is 19.4 Å². The van der Waals surface area contributed by atoms with Crippen LogP contribution in [0.5, 0.6) is 0 Å². The molecule has 0 spiro atoms. The number of nitrogens with zero attached hydrogens (tertiary/aromatic N) is 1. The largest absolute Gasteiger partial charge is 0.462 e. The molecule has 0 N–H and O–H groups in total. The lowest BCUT2D eigenvalue weighted by Gasteiger charge is -2.33. The lowest BCUT2D eigenvalue weighted by atomic mass is 10.1. The first kappa shape index (κ1) is 18.2. The summed E-state index contributed by atoms with van der Waals surface area (Å²) in [4.78, 5) is 16.0. The number of benzene rings is 2. The van der Waals surface area contributed by atoms with E-state index in [-0.39, 0.29) is 5.97 Å². The fraction of sp³-hybridized carbons (Fsp3) is 0.211. The molecule has 1 heterocycles. The average Bonchev–Trinajstić information content (AvgIpc) is 2.59. The van der Waals surface area contributed by atoms with Crippen molar-refractivity contribution in [3.8, 4) is 0 Å². The number of para-hydroxylation sites is 1. The van der Waals surface area contributed by atoms with Gasteiger partial charge in [0.05, 0.1) is 18.8 Å². The van der Waals surface area contributed by atoms with E-state index in [1.165, 1.54) is 11.8 Å². The Morgan fingerprint density at radius 1 is 1.12 bits per heavy atom. The third kappa shape index (κ3) is 3.66. The van der Waals surface area contributed by atoms with Crippen LogP contribution in [0.3, 0.4) is 0 Å². The summed E-state index contributed by atoms with van der Waals surface area (Å²) in [7, 11) is 0. The van der Waals surface area contributed by atoms with Crippen molar-refractivity contribution in [3.05, 3.63) is 68.7 Å². The van der Waals surface area contributed by atoms with Crippen LogP contribution in [-0.4, -0.2) is 12.6 Å². The van der Waals surface area contributed by atoms with Gasteiger partial charge in [-0.3, -0.25) is 0 Å². The Morgan fingerprint density at radius 2 is 1.80 bits per heavy atom. The van der Waals surface area contributed by atoms with E-state index in [2.05, 4.69) is 4.90 Å². The first-order valence-electron chi connectivity index (χ1n) is 7.88. The predicted molar refractivity (Wildman–Crippen MR) is 104 cm³/mol. The Balaban J connectivity index is 2.07. The van der Waals surface area contributed by atoms with Crippen molar-refractivity contribution in [1.82, 2.24) is 0 Å². The molecule has 0 unspecified atom stereocenters. The van der Waals surface area contributed by atoms with E-state index < -0.39 is 0 Å². The molecule has 2 aromatic rings. The van der Waals surface area contributed by atoms with E-state index in [1.54, 1.807) is 6.92 Å². The molecule has 6 heteroatoms. The maximum Gasteiger partial charge on any atom is 0.346 e. The Hall–Kier alpha value is -1.62. The van der Waals surface area contributed by atoms with E-state index in [9.17, 15) is 4.79 Å². The van der Waals surface area contributed by atoms with Crippen LogP contribution >= 0.6 is 35.0 Å². The second-order valence-electron chi connectivity index (χ2n) is 5.49. The van der Waals surface area contributed by atoms with Crippen molar-refractivity contribution >= 4 is 46.6 Å². The Morgan fingerprint density at radius 3 is 2.48 bits per heavy atom. The molecule has 0 saturated carbocycles. The SMILES string of the molecule is CCOC(=O)C1=C(C)N(Cc2c(Cl)cccc2Cl)c2ccccc2S1. The second kappa shape index (κ2) is 7.73. The van der Waals surface area contributed by atoms with Crippen LogP contribution in [0.4, 0.5) is 5.69 Å². The van der Waals surface area contributed by atoms with Crippen molar-refractivity contribution in [2.75, 3.05) is 11.5 Å². The molecule has 1 aliphatic heterocycles. The summed E-state index contributed by atoms with van der Waals surface area (Å²) < 4.78 is 5.22. The van der Waals surface area contributed by atoms with Gasteiger partial charge in [0.25, 0.3) is 0 Å². The average molecular weight is 394 g/mol. The highest BCUT2D eigenvalue weighted by Crippen LogP contribution is 2.44. The molecule has 0 atom stereocenters. The van der Waals surface area contributed by atoms with Gasteiger partial charge in [-0.15, -0.1) is 0 Å². The topological polar surface area (TPSA) is 29.5 Å². The molecular formula is C19H17Cl2NO2S. The summed E-state index contributed by atoms with van der Waals surface area (Å²) in [5.41, 5.74) is 2.68. The number of ether oxygens (including phenoxy) is 1. The number of allylic oxidation sites excluding steroid dienone is 1. The highest BCUT2D eigenvalue weighted by Gasteiger charge is 2.28. The van der Waals surface area contributed by atoms with E-state index in [1.807, 2.05) is 49.4 Å². The Labute approximate surface area is 161 Å². The van der Waals surface area contributed by atoms with Gasteiger partial charge in [-0.2, -0.15) is 0 Å². The third-order valence-corrected chi connectivity index (χ3v) is 5.88. The van der Waals surface area contributed by atoms with Gasteiger partial charge in [-0.25, -0.2) is 4.79 Å². The first-order valence-corrected chi connectivity index (χ1v) is 9.45. The van der Waals surface area contributed by atoms with Crippen LogP contribution in [0.25, 0.3) is 0 Å². The molecule has 0 bridgehead atoms. The molecule has 1 aliphatic rings. The summed E-state index contributed by atoms with van der Waals surface area (Å²) >= 11 is 14.1. The van der Waals surface area contributed by atoms with Crippen molar-refractivity contribution in [2.24, 2.45) is 0 Å². The van der Waals surface area contributed by atoms with E-state index in [4.69, 9.17) is 27.9 Å². The lowest BCUT2D eigenvalue weighted by molar-refractivity contribution is -0.137. The number of hydrogen-bond donors (Lipinski definition) is 0. The molecule has 3 rings (SSSR count). The van der Waals surface area contributed by atoms with E-state index >= 15 is 0 Å². The standard InChI is InChI=1S/C19H17Cl2NO2S/c1-3-24-19(23)18-12(2)22(16-9-4-5-10-17(16)25-18)11-13-14(20)7-6-8-15(13)21/h4-10H,3,11H2,1-2H3. The Kier molecular flexibility index (Phi) is 5.62. The van der Waals surface area contributed by atoms with Crippen LogP contribution in [0.2, 0.25) is 10.0 Å². The maximum atomic E-state index is 12.4. The summed E-state index contributed by atoms with van der Waals surface area (Å²) in [6.07, 6.45) is 0. The smallest absolute Gasteiger partial charge is 0.346 e. The number of rotatable bonds is 4. The number of anilines is 1. The molecular weight excluding hydrogens is 377 g/mol. The first-order chi connectivity index (χ1) is 12.0. The highest BCUT2D eigenvalue weighted by atomic mass is 35.5. The zero-order chi connectivity index (χ0) is 18.0. The number of thioether (sulfide) groups is 1. The number of hydrogen-bond acceptors (Lipinski definition) is 4. The quantitative estimate of drug-likeness (QED) is 0.604. The second-order valence-corrected chi connectivity index (χ2v) is 7.36. The molecule has 0 radical (unpaired) electrons. The number of carbonyl (C=O) groups excluding carboxylic acids is 1. The molecule has 0 fully saturated rings. The molecule has 0 saturated heterocycles. The van der Waals surface area contributed by atoms with Crippen molar-refractivity contribution < 1.29 is 9.53 Å². The fourth-order valence-electron chi connectivity index (χ4n) is 2.68. The molecule has 130 valence electrons. The number of fused-ring (bicyclic) bond motifs is 1. The normalized spacial score (nSPS) is 13.7. The zero-order valence-corrected chi connectivity index (χ0v) is 16.2. The molecule has 25 heavy (non-hydrogen) atoms. The van der Waals surface area contributed by atoms with Crippen LogP contribution < -0.4 is 4.90 Å². The minimum atomic E-state index is -0.310. The maximum absolute atomic E-state index is 12.4. The van der Waals surface area contributed by atoms with Gasteiger partial charge in [0.15, 0.2) is 0 Å². The fourth-order valence-corrected chi connectivity index (χ4v) is 4.25. The van der Waals surface area contributed by atoms with Gasteiger partial charge in [-0.05, 0) is 38.1 Å². The van der Waals surface area contributed by atoms with Crippen LogP contribution in [0.15, 0.2) is 58.0 Å². The van der Waals surface area contributed by atoms with Gasteiger partial charge >= 0.3 is 5.97 Å².